The number of hydrogen-bond donors (Lipinski definition) is 2. The Balaban J connectivity index is 2.63. The Labute approximate surface area is 118 Å². The molecule has 0 fully saturated rings. The van der Waals surface area contributed by atoms with Crippen LogP contribution in [0.15, 0.2) is 29.2 Å². The molecule has 0 saturated heterocycles. The van der Waals surface area contributed by atoms with E-state index in [2.05, 4.69) is 5.32 Å². The highest BCUT2D eigenvalue weighted by Crippen LogP contribution is 2.09. The van der Waals surface area contributed by atoms with E-state index in [0.29, 0.717) is 6.42 Å². The smallest absolute Gasteiger partial charge is 0.238 e. The fourth-order valence-corrected chi connectivity index (χ4v) is 2.17. The number of rotatable bonds is 6. The minimum absolute atomic E-state index is 0.0217. The van der Waals surface area contributed by atoms with Crippen LogP contribution < -0.4 is 10.5 Å². The molecule has 0 aliphatic rings. The van der Waals surface area contributed by atoms with Gasteiger partial charge in [-0.05, 0) is 24.1 Å². The lowest BCUT2D eigenvalue weighted by Gasteiger charge is -2.09. The SMILES string of the molecule is CCCC(C#N)C(=O)NCc1ccc(S(N)(=O)=O)cc1. The van der Waals surface area contributed by atoms with Crippen molar-refractivity contribution < 1.29 is 13.2 Å². The normalized spacial score (nSPS) is 12.4. The van der Waals surface area contributed by atoms with Crippen LogP contribution in [0.1, 0.15) is 25.3 Å². The quantitative estimate of drug-likeness (QED) is 0.811. The van der Waals surface area contributed by atoms with E-state index in [1.165, 1.54) is 12.1 Å². The summed E-state index contributed by atoms with van der Waals surface area (Å²) in [5.74, 6) is -0.964. The Morgan fingerprint density at radius 3 is 2.45 bits per heavy atom. The zero-order chi connectivity index (χ0) is 15.2. The Morgan fingerprint density at radius 2 is 2.00 bits per heavy atom. The van der Waals surface area contributed by atoms with Gasteiger partial charge in [0.15, 0.2) is 0 Å². The Kier molecular flexibility index (Phi) is 5.67. The van der Waals surface area contributed by atoms with E-state index in [0.717, 1.165) is 12.0 Å². The largest absolute Gasteiger partial charge is 0.351 e. The highest BCUT2D eigenvalue weighted by Gasteiger charge is 2.16. The molecule has 108 valence electrons. The van der Waals surface area contributed by atoms with Gasteiger partial charge in [0.25, 0.3) is 0 Å². The Morgan fingerprint density at radius 1 is 1.40 bits per heavy atom. The van der Waals surface area contributed by atoms with Crippen LogP contribution in [0, 0.1) is 17.2 Å². The van der Waals surface area contributed by atoms with Gasteiger partial charge in [0, 0.05) is 6.54 Å². The van der Waals surface area contributed by atoms with Crippen LogP contribution in [0.2, 0.25) is 0 Å². The average molecular weight is 295 g/mol. The lowest BCUT2D eigenvalue weighted by atomic mass is 10.0. The van der Waals surface area contributed by atoms with Crippen molar-refractivity contribution >= 4 is 15.9 Å². The van der Waals surface area contributed by atoms with Gasteiger partial charge in [-0.15, -0.1) is 0 Å². The summed E-state index contributed by atoms with van der Waals surface area (Å²) in [6.45, 7) is 2.15. The Hall–Kier alpha value is -1.91. The lowest BCUT2D eigenvalue weighted by Crippen LogP contribution is -2.29. The van der Waals surface area contributed by atoms with E-state index in [9.17, 15) is 13.2 Å². The number of nitrogens with one attached hydrogen (secondary N) is 1. The molecule has 1 amide bonds. The minimum atomic E-state index is -3.71. The number of nitrogens with zero attached hydrogens (tertiary/aromatic N) is 1. The van der Waals surface area contributed by atoms with Crippen molar-refractivity contribution in [2.75, 3.05) is 0 Å². The molecule has 1 unspecified atom stereocenters. The van der Waals surface area contributed by atoms with E-state index >= 15 is 0 Å². The van der Waals surface area contributed by atoms with Gasteiger partial charge < -0.3 is 5.32 Å². The number of carbonyl (C=O) groups is 1. The molecular weight excluding hydrogens is 278 g/mol. The summed E-state index contributed by atoms with van der Waals surface area (Å²) >= 11 is 0. The maximum absolute atomic E-state index is 11.7. The summed E-state index contributed by atoms with van der Waals surface area (Å²) in [5.41, 5.74) is 0.735. The topological polar surface area (TPSA) is 113 Å². The average Bonchev–Trinajstić information content (AvgIpc) is 2.41. The first-order chi connectivity index (χ1) is 9.38. The van der Waals surface area contributed by atoms with Crippen molar-refractivity contribution in [3.63, 3.8) is 0 Å². The second-order valence-corrected chi connectivity index (χ2v) is 5.94. The molecule has 3 N–H and O–H groups in total. The first-order valence-corrected chi connectivity index (χ1v) is 7.72. The van der Waals surface area contributed by atoms with Gasteiger partial charge in [-0.1, -0.05) is 25.5 Å². The van der Waals surface area contributed by atoms with Crippen LogP contribution in [0.3, 0.4) is 0 Å². The summed E-state index contributed by atoms with van der Waals surface area (Å²) in [5, 5.41) is 16.5. The summed E-state index contributed by atoms with van der Waals surface area (Å²) < 4.78 is 22.2. The highest BCUT2D eigenvalue weighted by atomic mass is 32.2. The van der Waals surface area contributed by atoms with Gasteiger partial charge >= 0.3 is 0 Å². The maximum atomic E-state index is 11.7. The van der Waals surface area contributed by atoms with E-state index in [1.807, 2.05) is 13.0 Å². The number of sulfonamides is 1. The molecular formula is C13H17N3O3S. The molecule has 6 nitrogen and oxygen atoms in total. The molecule has 1 aromatic carbocycles. The first kappa shape index (κ1) is 16.1. The molecule has 0 radical (unpaired) electrons. The standard InChI is InChI=1S/C13H17N3O3S/c1-2-3-11(8-14)13(17)16-9-10-4-6-12(7-5-10)20(15,18)19/h4-7,11H,2-3,9H2,1H3,(H,16,17)(H2,15,18,19). The molecule has 0 spiro atoms. The van der Waals surface area contributed by atoms with Crippen molar-refractivity contribution in [3.8, 4) is 6.07 Å². The minimum Gasteiger partial charge on any atom is -0.351 e. The van der Waals surface area contributed by atoms with Gasteiger partial charge in [-0.2, -0.15) is 5.26 Å². The zero-order valence-electron chi connectivity index (χ0n) is 11.2. The van der Waals surface area contributed by atoms with Gasteiger partial charge in [-0.25, -0.2) is 13.6 Å². The third-order valence-corrected chi connectivity index (χ3v) is 3.70. The van der Waals surface area contributed by atoms with Crippen molar-refractivity contribution in [1.82, 2.24) is 5.32 Å². The molecule has 0 heterocycles. The fourth-order valence-electron chi connectivity index (χ4n) is 1.65. The number of nitrogens with two attached hydrogens (primary N) is 1. The van der Waals surface area contributed by atoms with Crippen LogP contribution >= 0.6 is 0 Å². The third-order valence-electron chi connectivity index (χ3n) is 2.77. The summed E-state index contributed by atoms with van der Waals surface area (Å²) in [6, 6.07) is 7.86. The number of primary sulfonamides is 1. The monoisotopic (exact) mass is 295 g/mol. The molecule has 0 aliphatic carbocycles. The van der Waals surface area contributed by atoms with Crippen molar-refractivity contribution in [3.05, 3.63) is 29.8 Å². The summed E-state index contributed by atoms with van der Waals surface area (Å²) in [4.78, 5) is 11.7. The second kappa shape index (κ2) is 7.03. The van der Waals surface area contributed by atoms with Crippen molar-refractivity contribution in [2.45, 2.75) is 31.2 Å². The van der Waals surface area contributed by atoms with E-state index < -0.39 is 15.9 Å². The second-order valence-electron chi connectivity index (χ2n) is 4.38. The molecule has 0 saturated carbocycles. The highest BCUT2D eigenvalue weighted by molar-refractivity contribution is 7.89. The first-order valence-electron chi connectivity index (χ1n) is 6.17. The van der Waals surface area contributed by atoms with Crippen molar-refractivity contribution in [2.24, 2.45) is 11.1 Å². The number of carbonyl (C=O) groups excluding carboxylic acids is 1. The lowest BCUT2D eigenvalue weighted by molar-refractivity contribution is -0.123. The van der Waals surface area contributed by atoms with Gasteiger partial charge in [-0.3, -0.25) is 4.79 Å². The predicted octanol–water partition coefficient (Wildman–Crippen LogP) is 0.890. The molecule has 0 aliphatic heterocycles. The maximum Gasteiger partial charge on any atom is 0.238 e. The van der Waals surface area contributed by atoms with Gasteiger partial charge in [0.05, 0.1) is 11.0 Å². The Bertz CT molecular complexity index is 603. The van der Waals surface area contributed by atoms with Crippen LogP contribution in [0.25, 0.3) is 0 Å². The number of hydrogen-bond acceptors (Lipinski definition) is 4. The number of nitriles is 1. The molecule has 1 atom stereocenters. The molecule has 1 aromatic rings. The third kappa shape index (κ3) is 4.64. The number of benzene rings is 1. The van der Waals surface area contributed by atoms with E-state index in [4.69, 9.17) is 10.4 Å². The molecule has 1 rings (SSSR count). The molecule has 0 bridgehead atoms. The van der Waals surface area contributed by atoms with Crippen LogP contribution in [-0.2, 0) is 21.4 Å². The zero-order valence-corrected chi connectivity index (χ0v) is 12.0. The number of amides is 1. The fraction of sp³-hybridized carbons (Fsp3) is 0.385. The van der Waals surface area contributed by atoms with Gasteiger partial charge in [0.1, 0.15) is 5.92 Å². The predicted molar refractivity (Wildman–Crippen MR) is 73.7 cm³/mol. The van der Waals surface area contributed by atoms with Crippen molar-refractivity contribution in [1.29, 1.82) is 5.26 Å². The van der Waals surface area contributed by atoms with Crippen LogP contribution in [-0.4, -0.2) is 14.3 Å². The molecule has 0 aromatic heterocycles. The van der Waals surface area contributed by atoms with E-state index in [-0.39, 0.29) is 17.3 Å². The van der Waals surface area contributed by atoms with Crippen LogP contribution in [0.4, 0.5) is 0 Å². The molecule has 7 heteroatoms. The van der Waals surface area contributed by atoms with Crippen LogP contribution in [0.5, 0.6) is 0 Å². The van der Waals surface area contributed by atoms with E-state index in [1.54, 1.807) is 12.1 Å². The van der Waals surface area contributed by atoms with Gasteiger partial charge in [0.2, 0.25) is 15.9 Å². The summed E-state index contributed by atoms with van der Waals surface area (Å²) in [6.07, 6.45) is 1.28. The summed E-state index contributed by atoms with van der Waals surface area (Å²) in [7, 11) is -3.71. The molecule has 20 heavy (non-hydrogen) atoms.